The van der Waals surface area contributed by atoms with Gasteiger partial charge >= 0.3 is 0 Å². The SMILES string of the molecule is COc1ccnc(CSCc2nnnn2-c2c(C)cccc2C)c1. The molecule has 1 aromatic carbocycles. The van der Waals surface area contributed by atoms with Crippen LogP contribution in [0.1, 0.15) is 22.6 Å². The van der Waals surface area contributed by atoms with Gasteiger partial charge in [-0.15, -0.1) is 16.9 Å². The highest BCUT2D eigenvalue weighted by Gasteiger charge is 2.12. The molecule has 3 rings (SSSR count). The highest BCUT2D eigenvalue weighted by atomic mass is 32.2. The van der Waals surface area contributed by atoms with Crippen molar-refractivity contribution >= 4 is 11.8 Å². The maximum atomic E-state index is 5.22. The molecule has 0 N–H and O–H groups in total. The molecule has 0 fully saturated rings. The molecule has 0 radical (unpaired) electrons. The number of rotatable bonds is 6. The number of nitrogens with zero attached hydrogens (tertiary/aromatic N) is 5. The molecule has 3 aromatic rings. The number of pyridine rings is 1. The fourth-order valence-corrected chi connectivity index (χ4v) is 3.35. The zero-order chi connectivity index (χ0) is 16.9. The summed E-state index contributed by atoms with van der Waals surface area (Å²) in [5.41, 5.74) is 4.34. The van der Waals surface area contributed by atoms with Crippen LogP contribution in [0.4, 0.5) is 0 Å². The van der Waals surface area contributed by atoms with Gasteiger partial charge in [-0.3, -0.25) is 4.98 Å². The van der Waals surface area contributed by atoms with E-state index < -0.39 is 0 Å². The van der Waals surface area contributed by atoms with Crippen molar-refractivity contribution in [2.45, 2.75) is 25.4 Å². The number of benzene rings is 1. The van der Waals surface area contributed by atoms with E-state index in [4.69, 9.17) is 4.74 Å². The molecule has 0 aliphatic carbocycles. The van der Waals surface area contributed by atoms with Crippen molar-refractivity contribution in [1.82, 2.24) is 25.2 Å². The summed E-state index contributed by atoms with van der Waals surface area (Å²) in [7, 11) is 1.66. The summed E-state index contributed by atoms with van der Waals surface area (Å²) in [5, 5.41) is 12.2. The van der Waals surface area contributed by atoms with Gasteiger partial charge in [-0.2, -0.15) is 4.68 Å². The summed E-state index contributed by atoms with van der Waals surface area (Å²) < 4.78 is 7.05. The molecule has 7 heteroatoms. The van der Waals surface area contributed by atoms with Crippen LogP contribution in [0.3, 0.4) is 0 Å². The van der Waals surface area contributed by atoms with Gasteiger partial charge in [0.05, 0.1) is 24.2 Å². The molecule has 2 heterocycles. The number of ether oxygens (including phenoxy) is 1. The third-order valence-electron chi connectivity index (χ3n) is 3.69. The molecule has 0 saturated carbocycles. The number of para-hydroxylation sites is 1. The molecule has 6 nitrogen and oxygen atoms in total. The van der Waals surface area contributed by atoms with E-state index in [1.165, 1.54) is 0 Å². The topological polar surface area (TPSA) is 65.7 Å². The number of hydrogen-bond donors (Lipinski definition) is 0. The van der Waals surface area contributed by atoms with Gasteiger partial charge in [0.1, 0.15) is 5.75 Å². The molecule has 0 unspecified atom stereocenters. The smallest absolute Gasteiger partial charge is 0.166 e. The van der Waals surface area contributed by atoms with E-state index in [1.54, 1.807) is 25.1 Å². The van der Waals surface area contributed by atoms with Crippen molar-refractivity contribution in [3.63, 3.8) is 0 Å². The summed E-state index contributed by atoms with van der Waals surface area (Å²) in [6, 6.07) is 9.97. The monoisotopic (exact) mass is 341 g/mol. The molecular formula is C17H19N5OS. The maximum Gasteiger partial charge on any atom is 0.166 e. The Bertz CT molecular complexity index is 813. The molecule has 0 amide bonds. The number of tetrazole rings is 1. The van der Waals surface area contributed by atoms with E-state index in [9.17, 15) is 0 Å². The number of hydrogen-bond acceptors (Lipinski definition) is 6. The molecule has 0 atom stereocenters. The lowest BCUT2D eigenvalue weighted by Gasteiger charge is -2.10. The van der Waals surface area contributed by atoms with Crippen LogP contribution in [-0.2, 0) is 11.5 Å². The molecule has 124 valence electrons. The van der Waals surface area contributed by atoms with E-state index >= 15 is 0 Å². The average Bonchev–Trinajstić information content (AvgIpc) is 3.03. The fraction of sp³-hybridized carbons (Fsp3) is 0.294. The van der Waals surface area contributed by atoms with Crippen molar-refractivity contribution < 1.29 is 4.74 Å². The van der Waals surface area contributed by atoms with E-state index in [2.05, 4.69) is 46.5 Å². The minimum atomic E-state index is 0.708. The maximum absolute atomic E-state index is 5.22. The van der Waals surface area contributed by atoms with Crippen molar-refractivity contribution in [1.29, 1.82) is 0 Å². The first-order valence-corrected chi connectivity index (χ1v) is 8.75. The van der Waals surface area contributed by atoms with E-state index in [1.807, 2.05) is 22.9 Å². The van der Waals surface area contributed by atoms with E-state index in [-0.39, 0.29) is 0 Å². The quantitative estimate of drug-likeness (QED) is 0.686. The van der Waals surface area contributed by atoms with Gasteiger partial charge in [-0.25, -0.2) is 0 Å². The first-order chi connectivity index (χ1) is 11.7. The summed E-state index contributed by atoms with van der Waals surface area (Å²) >= 11 is 1.72. The summed E-state index contributed by atoms with van der Waals surface area (Å²) in [5.74, 6) is 3.14. The Kier molecular flexibility index (Phi) is 5.10. The van der Waals surface area contributed by atoms with Gasteiger partial charge in [0, 0.05) is 18.0 Å². The standard InChI is InChI=1S/C17H19N5OS/c1-12-5-4-6-13(2)17(12)22-16(19-20-21-22)11-24-10-14-9-15(23-3)7-8-18-14/h4-9H,10-11H2,1-3H3. The van der Waals surface area contributed by atoms with Crippen LogP contribution in [0.2, 0.25) is 0 Å². The van der Waals surface area contributed by atoms with Crippen molar-refractivity contribution in [2.75, 3.05) is 7.11 Å². The third-order valence-corrected chi connectivity index (χ3v) is 4.65. The van der Waals surface area contributed by atoms with Crippen LogP contribution in [0.25, 0.3) is 5.69 Å². The highest BCUT2D eigenvalue weighted by Crippen LogP contribution is 2.22. The van der Waals surface area contributed by atoms with Gasteiger partial charge in [0.2, 0.25) is 0 Å². The Hall–Kier alpha value is -2.41. The Morgan fingerprint density at radius 3 is 2.67 bits per heavy atom. The first kappa shape index (κ1) is 16.4. The number of methoxy groups -OCH3 is 1. The van der Waals surface area contributed by atoms with Crippen molar-refractivity contribution in [2.24, 2.45) is 0 Å². The zero-order valence-electron chi connectivity index (χ0n) is 13.9. The number of aromatic nitrogens is 5. The van der Waals surface area contributed by atoms with Crippen molar-refractivity contribution in [3.05, 3.63) is 59.2 Å². The van der Waals surface area contributed by atoms with Crippen LogP contribution in [0.5, 0.6) is 5.75 Å². The van der Waals surface area contributed by atoms with Crippen LogP contribution in [0, 0.1) is 13.8 Å². The zero-order valence-corrected chi connectivity index (χ0v) is 14.7. The van der Waals surface area contributed by atoms with Crippen LogP contribution < -0.4 is 4.74 Å². The molecule has 0 aliphatic heterocycles. The molecule has 2 aromatic heterocycles. The van der Waals surface area contributed by atoms with E-state index in [0.29, 0.717) is 5.75 Å². The summed E-state index contributed by atoms with van der Waals surface area (Å²) in [6.07, 6.45) is 1.76. The predicted octanol–water partition coefficient (Wildman–Crippen LogP) is 3.12. The predicted molar refractivity (Wildman–Crippen MR) is 94.4 cm³/mol. The molecular weight excluding hydrogens is 322 g/mol. The summed E-state index contributed by atoms with van der Waals surface area (Å²) in [6.45, 7) is 4.14. The second-order valence-corrected chi connectivity index (χ2v) is 6.41. The Labute approximate surface area is 145 Å². The van der Waals surface area contributed by atoms with Gasteiger partial charge in [0.15, 0.2) is 5.82 Å². The van der Waals surface area contributed by atoms with E-state index in [0.717, 1.165) is 39.8 Å². The first-order valence-electron chi connectivity index (χ1n) is 7.59. The molecule has 24 heavy (non-hydrogen) atoms. The van der Waals surface area contributed by atoms with Gasteiger partial charge in [-0.05, 0) is 41.5 Å². The lowest BCUT2D eigenvalue weighted by Crippen LogP contribution is -2.06. The lowest BCUT2D eigenvalue weighted by atomic mass is 10.1. The Morgan fingerprint density at radius 2 is 1.92 bits per heavy atom. The Balaban J connectivity index is 1.72. The largest absolute Gasteiger partial charge is 0.497 e. The fourth-order valence-electron chi connectivity index (χ4n) is 2.52. The second-order valence-electron chi connectivity index (χ2n) is 5.43. The minimum absolute atomic E-state index is 0.708. The average molecular weight is 341 g/mol. The number of aryl methyl sites for hydroxylation is 2. The minimum Gasteiger partial charge on any atom is -0.497 e. The molecule has 0 saturated heterocycles. The van der Waals surface area contributed by atoms with Gasteiger partial charge in [0.25, 0.3) is 0 Å². The second kappa shape index (κ2) is 7.44. The lowest BCUT2D eigenvalue weighted by molar-refractivity contribution is 0.413. The normalized spacial score (nSPS) is 10.8. The van der Waals surface area contributed by atoms with Gasteiger partial charge < -0.3 is 4.74 Å². The summed E-state index contributed by atoms with van der Waals surface area (Å²) in [4.78, 5) is 4.36. The van der Waals surface area contributed by atoms with Crippen LogP contribution >= 0.6 is 11.8 Å². The van der Waals surface area contributed by atoms with Crippen LogP contribution in [-0.4, -0.2) is 32.3 Å². The molecule has 0 aliphatic rings. The van der Waals surface area contributed by atoms with Crippen molar-refractivity contribution in [3.8, 4) is 11.4 Å². The third kappa shape index (κ3) is 3.56. The number of thioether (sulfide) groups is 1. The molecule has 0 spiro atoms. The van der Waals surface area contributed by atoms with Gasteiger partial charge in [-0.1, -0.05) is 18.2 Å². The van der Waals surface area contributed by atoms with Crippen LogP contribution in [0.15, 0.2) is 36.5 Å². The Morgan fingerprint density at radius 1 is 1.12 bits per heavy atom. The molecule has 0 bridgehead atoms. The highest BCUT2D eigenvalue weighted by molar-refractivity contribution is 7.97.